The lowest BCUT2D eigenvalue weighted by Crippen LogP contribution is -2.16. The molecular weight excluding hydrogens is 281 g/mol. The minimum absolute atomic E-state index is 0.194. The molecule has 0 amide bonds. The first-order valence-electron chi connectivity index (χ1n) is 6.57. The maximum atomic E-state index is 5.70. The number of nitrogens with zero attached hydrogens (tertiary/aromatic N) is 1. The zero-order chi connectivity index (χ0) is 14.7. The van der Waals surface area contributed by atoms with Crippen molar-refractivity contribution in [1.29, 1.82) is 0 Å². The van der Waals surface area contributed by atoms with E-state index in [1.54, 1.807) is 0 Å². The van der Waals surface area contributed by atoms with Gasteiger partial charge in [-0.05, 0) is 45.1 Å². The van der Waals surface area contributed by atoms with E-state index < -0.39 is 0 Å². The third-order valence-corrected chi connectivity index (χ3v) is 2.88. The maximum absolute atomic E-state index is 5.70. The number of hydrogen-bond donors (Lipinski definition) is 0. The van der Waals surface area contributed by atoms with Crippen LogP contribution in [0, 0.1) is 0 Å². The molecule has 0 radical (unpaired) electrons. The SMILES string of the molecule is CCCCOc1cccc(C(C)N(C)C)c1.ClCCl. The van der Waals surface area contributed by atoms with Gasteiger partial charge in [0.25, 0.3) is 0 Å². The average Bonchev–Trinajstić information content (AvgIpc) is 2.39. The predicted octanol–water partition coefficient (Wildman–Crippen LogP) is 4.91. The third kappa shape index (κ3) is 8.35. The highest BCUT2D eigenvalue weighted by atomic mass is 35.5. The molecule has 0 aliphatic carbocycles. The fourth-order valence-electron chi connectivity index (χ4n) is 1.50. The van der Waals surface area contributed by atoms with Gasteiger partial charge < -0.3 is 9.64 Å². The molecule has 1 rings (SSSR count). The van der Waals surface area contributed by atoms with Gasteiger partial charge >= 0.3 is 0 Å². The summed E-state index contributed by atoms with van der Waals surface area (Å²) in [5.74, 6) is 0.986. The van der Waals surface area contributed by atoms with Crippen molar-refractivity contribution in [3.8, 4) is 5.75 Å². The molecule has 0 saturated carbocycles. The van der Waals surface area contributed by atoms with Crippen molar-refractivity contribution < 1.29 is 4.74 Å². The van der Waals surface area contributed by atoms with Gasteiger partial charge in [0.15, 0.2) is 0 Å². The minimum Gasteiger partial charge on any atom is -0.494 e. The van der Waals surface area contributed by atoms with E-state index in [0.29, 0.717) is 6.04 Å². The summed E-state index contributed by atoms with van der Waals surface area (Å²) in [6.07, 6.45) is 2.29. The van der Waals surface area contributed by atoms with Gasteiger partial charge in [-0.2, -0.15) is 0 Å². The van der Waals surface area contributed by atoms with Gasteiger partial charge in [-0.1, -0.05) is 25.5 Å². The molecule has 19 heavy (non-hydrogen) atoms. The van der Waals surface area contributed by atoms with Crippen molar-refractivity contribution in [3.63, 3.8) is 0 Å². The first-order valence-corrected chi connectivity index (χ1v) is 7.64. The zero-order valence-corrected chi connectivity index (χ0v) is 13.8. The molecule has 0 spiro atoms. The Bertz CT molecular complexity index is 332. The highest BCUT2D eigenvalue weighted by Crippen LogP contribution is 2.22. The van der Waals surface area contributed by atoms with Gasteiger partial charge in [-0.3, -0.25) is 0 Å². The Balaban J connectivity index is 0.000000982. The van der Waals surface area contributed by atoms with E-state index in [1.165, 1.54) is 12.0 Å². The number of ether oxygens (including phenoxy) is 1. The molecule has 0 aliphatic heterocycles. The molecule has 0 fully saturated rings. The van der Waals surface area contributed by atoms with Gasteiger partial charge in [-0.15, -0.1) is 23.2 Å². The summed E-state index contributed by atoms with van der Waals surface area (Å²) < 4.78 is 5.70. The third-order valence-electron chi connectivity index (χ3n) is 2.88. The summed E-state index contributed by atoms with van der Waals surface area (Å²) in [5.41, 5.74) is 1.30. The fraction of sp³-hybridized carbons (Fsp3) is 0.600. The van der Waals surface area contributed by atoms with Crippen LogP contribution in [-0.4, -0.2) is 30.9 Å². The first kappa shape index (κ1) is 18.6. The van der Waals surface area contributed by atoms with Crippen molar-refractivity contribution in [1.82, 2.24) is 4.90 Å². The van der Waals surface area contributed by atoms with Gasteiger partial charge in [0.1, 0.15) is 5.75 Å². The Labute approximate surface area is 127 Å². The summed E-state index contributed by atoms with van der Waals surface area (Å²) >= 11 is 9.53. The number of rotatable bonds is 6. The molecule has 1 aromatic carbocycles. The minimum atomic E-state index is 0.194. The Morgan fingerprint density at radius 1 is 1.26 bits per heavy atom. The number of halogens is 2. The summed E-state index contributed by atoms with van der Waals surface area (Å²) in [5, 5.41) is 0.194. The van der Waals surface area contributed by atoms with Crippen LogP contribution in [0.3, 0.4) is 0 Å². The predicted molar refractivity (Wildman–Crippen MR) is 85.5 cm³/mol. The number of alkyl halides is 2. The quantitative estimate of drug-likeness (QED) is 0.547. The highest BCUT2D eigenvalue weighted by Gasteiger charge is 2.08. The zero-order valence-electron chi connectivity index (χ0n) is 12.3. The van der Waals surface area contributed by atoms with E-state index in [-0.39, 0.29) is 5.34 Å². The largest absolute Gasteiger partial charge is 0.494 e. The number of hydrogen-bond acceptors (Lipinski definition) is 2. The monoisotopic (exact) mass is 305 g/mol. The summed E-state index contributed by atoms with van der Waals surface area (Å²) in [7, 11) is 4.19. The van der Waals surface area contributed by atoms with Crippen molar-refractivity contribution in [2.75, 3.05) is 26.0 Å². The topological polar surface area (TPSA) is 12.5 Å². The molecule has 0 aromatic heterocycles. The van der Waals surface area contributed by atoms with Crippen LogP contribution in [0.4, 0.5) is 0 Å². The number of unbranched alkanes of at least 4 members (excludes halogenated alkanes) is 1. The Morgan fingerprint density at radius 3 is 2.42 bits per heavy atom. The van der Waals surface area contributed by atoms with Crippen molar-refractivity contribution in [3.05, 3.63) is 29.8 Å². The van der Waals surface area contributed by atoms with Crippen molar-refractivity contribution >= 4 is 23.2 Å². The molecule has 1 atom stereocenters. The molecule has 0 N–H and O–H groups in total. The molecule has 0 saturated heterocycles. The van der Waals surface area contributed by atoms with Crippen LogP contribution >= 0.6 is 23.2 Å². The maximum Gasteiger partial charge on any atom is 0.119 e. The summed E-state index contributed by atoms with van der Waals surface area (Å²) in [4.78, 5) is 2.20. The molecule has 110 valence electrons. The molecule has 1 aromatic rings. The first-order chi connectivity index (χ1) is 9.06. The van der Waals surface area contributed by atoms with Crippen LogP contribution in [0.25, 0.3) is 0 Å². The van der Waals surface area contributed by atoms with Crippen LogP contribution in [0.1, 0.15) is 38.3 Å². The standard InChI is InChI=1S/C14H23NO.CH2Cl2/c1-5-6-10-16-14-9-7-8-13(11-14)12(2)15(3)4;2-1-3/h7-9,11-12H,5-6,10H2,1-4H3;1H2. The van der Waals surface area contributed by atoms with Gasteiger partial charge in [0, 0.05) is 6.04 Å². The van der Waals surface area contributed by atoms with Gasteiger partial charge in [-0.25, -0.2) is 0 Å². The van der Waals surface area contributed by atoms with Crippen molar-refractivity contribution in [2.24, 2.45) is 0 Å². The smallest absolute Gasteiger partial charge is 0.119 e. The van der Waals surface area contributed by atoms with E-state index in [0.717, 1.165) is 18.8 Å². The van der Waals surface area contributed by atoms with Gasteiger partial charge in [0.05, 0.1) is 11.9 Å². The van der Waals surface area contributed by atoms with Crippen LogP contribution in [0.2, 0.25) is 0 Å². The lowest BCUT2D eigenvalue weighted by Gasteiger charge is -2.20. The van der Waals surface area contributed by atoms with E-state index in [2.05, 4.69) is 51.0 Å². The van der Waals surface area contributed by atoms with Gasteiger partial charge in [0.2, 0.25) is 0 Å². The van der Waals surface area contributed by atoms with E-state index in [1.807, 2.05) is 6.07 Å². The van der Waals surface area contributed by atoms with E-state index in [4.69, 9.17) is 27.9 Å². The lowest BCUT2D eigenvalue weighted by atomic mass is 10.1. The molecule has 0 aliphatic rings. The highest BCUT2D eigenvalue weighted by molar-refractivity contribution is 6.40. The van der Waals surface area contributed by atoms with Crippen LogP contribution in [0.15, 0.2) is 24.3 Å². The van der Waals surface area contributed by atoms with Crippen LogP contribution in [0.5, 0.6) is 5.75 Å². The Kier molecular flexibility index (Phi) is 11.1. The normalized spacial score (nSPS) is 11.7. The second-order valence-corrected chi connectivity index (χ2v) is 5.32. The Morgan fingerprint density at radius 2 is 1.89 bits per heavy atom. The number of benzene rings is 1. The molecule has 0 heterocycles. The van der Waals surface area contributed by atoms with Crippen LogP contribution in [-0.2, 0) is 0 Å². The molecule has 2 nitrogen and oxygen atoms in total. The fourth-order valence-corrected chi connectivity index (χ4v) is 1.50. The molecule has 1 unspecified atom stereocenters. The second kappa shape index (κ2) is 11.4. The molecule has 4 heteroatoms. The average molecular weight is 306 g/mol. The summed E-state index contributed by atoms with van der Waals surface area (Å²) in [6, 6.07) is 8.81. The van der Waals surface area contributed by atoms with Crippen molar-refractivity contribution in [2.45, 2.75) is 32.7 Å². The molecule has 0 bridgehead atoms. The van der Waals surface area contributed by atoms with E-state index in [9.17, 15) is 0 Å². The Hall–Kier alpha value is -0.440. The lowest BCUT2D eigenvalue weighted by molar-refractivity contribution is 0.303. The summed E-state index contributed by atoms with van der Waals surface area (Å²) in [6.45, 7) is 5.19. The van der Waals surface area contributed by atoms with E-state index >= 15 is 0 Å². The second-order valence-electron chi connectivity index (χ2n) is 4.52. The van der Waals surface area contributed by atoms with Crippen LogP contribution < -0.4 is 4.74 Å². The molecular formula is C15H25Cl2NO.